The van der Waals surface area contributed by atoms with Crippen molar-refractivity contribution in [3.8, 4) is 0 Å². The van der Waals surface area contributed by atoms with Crippen LogP contribution in [0.25, 0.3) is 0 Å². The minimum atomic E-state index is -2.37. The summed E-state index contributed by atoms with van der Waals surface area (Å²) in [5, 5.41) is 19.8. The lowest BCUT2D eigenvalue weighted by Gasteiger charge is -2.46. The zero-order chi connectivity index (χ0) is 17.3. The van der Waals surface area contributed by atoms with Gasteiger partial charge < -0.3 is 33.9 Å². The third kappa shape index (κ3) is 2.88. The van der Waals surface area contributed by atoms with Gasteiger partial charge in [-0.2, -0.15) is 0 Å². The lowest BCUT2D eigenvalue weighted by atomic mass is 9.82. The predicted molar refractivity (Wildman–Crippen MR) is 75.4 cm³/mol. The van der Waals surface area contributed by atoms with E-state index in [1.54, 1.807) is 34.6 Å². The molecule has 3 saturated heterocycles. The second-order valence-corrected chi connectivity index (χ2v) is 7.57. The zero-order valence-electron chi connectivity index (χ0n) is 14.0. The van der Waals surface area contributed by atoms with Gasteiger partial charge in [0, 0.05) is 6.42 Å². The molecule has 3 fully saturated rings. The third-order valence-electron chi connectivity index (χ3n) is 4.44. The van der Waals surface area contributed by atoms with Crippen molar-refractivity contribution in [2.24, 2.45) is 0 Å². The summed E-state index contributed by atoms with van der Waals surface area (Å²) in [6, 6.07) is 0. The van der Waals surface area contributed by atoms with Gasteiger partial charge in [-0.05, 0) is 34.6 Å². The van der Waals surface area contributed by atoms with E-state index in [0.717, 1.165) is 0 Å². The SMILES string of the molecule is CC1(C)OC[C@H]([C@H]2OC(O)(C(=O)O)C[C@@]3(C)OC(C)(C)O[C@@H]23)O1. The fraction of sp³-hybridized carbons (Fsp3) is 0.933. The average molecular weight is 332 g/mol. The van der Waals surface area contributed by atoms with E-state index in [-0.39, 0.29) is 13.0 Å². The van der Waals surface area contributed by atoms with Crippen LogP contribution in [0.1, 0.15) is 41.0 Å². The van der Waals surface area contributed by atoms with Gasteiger partial charge in [-0.25, -0.2) is 4.79 Å². The number of carbonyl (C=O) groups is 1. The van der Waals surface area contributed by atoms with E-state index in [1.807, 2.05) is 0 Å². The zero-order valence-corrected chi connectivity index (χ0v) is 14.0. The molecular formula is C15H24O8. The molecule has 132 valence electrons. The fourth-order valence-electron chi connectivity index (χ4n) is 3.70. The summed E-state index contributed by atoms with van der Waals surface area (Å²) in [4.78, 5) is 11.5. The summed E-state index contributed by atoms with van der Waals surface area (Å²) in [5.74, 6) is -5.55. The smallest absolute Gasteiger partial charge is 0.364 e. The first-order chi connectivity index (χ1) is 10.4. The lowest BCUT2D eigenvalue weighted by molar-refractivity contribution is -0.310. The lowest BCUT2D eigenvalue weighted by Crippen LogP contribution is -2.65. The van der Waals surface area contributed by atoms with Gasteiger partial charge in [-0.1, -0.05) is 0 Å². The summed E-state index contributed by atoms with van der Waals surface area (Å²) in [6.45, 7) is 8.93. The Morgan fingerprint density at radius 3 is 2.22 bits per heavy atom. The molecule has 0 aliphatic carbocycles. The highest BCUT2D eigenvalue weighted by Crippen LogP contribution is 2.49. The van der Waals surface area contributed by atoms with Crippen LogP contribution in [0.5, 0.6) is 0 Å². The van der Waals surface area contributed by atoms with Crippen LogP contribution in [0.3, 0.4) is 0 Å². The molecular weight excluding hydrogens is 308 g/mol. The minimum absolute atomic E-state index is 0.212. The highest BCUT2D eigenvalue weighted by atomic mass is 16.8. The predicted octanol–water partition coefficient (Wildman–Crippen LogP) is 0.610. The summed E-state index contributed by atoms with van der Waals surface area (Å²) in [5.41, 5.74) is -1.02. The third-order valence-corrected chi connectivity index (χ3v) is 4.44. The monoisotopic (exact) mass is 332 g/mol. The van der Waals surface area contributed by atoms with Gasteiger partial charge in [-0.15, -0.1) is 0 Å². The first-order valence-corrected chi connectivity index (χ1v) is 7.69. The first kappa shape index (κ1) is 17.1. The molecule has 3 aliphatic rings. The van der Waals surface area contributed by atoms with E-state index in [0.29, 0.717) is 0 Å². The highest BCUT2D eigenvalue weighted by Gasteiger charge is 2.65. The van der Waals surface area contributed by atoms with Crippen LogP contribution in [-0.4, -0.2) is 64.1 Å². The number of aliphatic carboxylic acids is 1. The van der Waals surface area contributed by atoms with Crippen molar-refractivity contribution in [3.63, 3.8) is 0 Å². The molecule has 8 heteroatoms. The number of aliphatic hydroxyl groups is 1. The van der Waals surface area contributed by atoms with E-state index < -0.39 is 47.2 Å². The van der Waals surface area contributed by atoms with Gasteiger partial charge in [0.05, 0.1) is 6.61 Å². The van der Waals surface area contributed by atoms with E-state index in [2.05, 4.69) is 0 Å². The van der Waals surface area contributed by atoms with Crippen LogP contribution in [0.4, 0.5) is 0 Å². The van der Waals surface area contributed by atoms with Crippen molar-refractivity contribution in [2.45, 2.75) is 82.3 Å². The van der Waals surface area contributed by atoms with Crippen LogP contribution in [0.15, 0.2) is 0 Å². The molecule has 3 heterocycles. The van der Waals surface area contributed by atoms with Crippen molar-refractivity contribution in [3.05, 3.63) is 0 Å². The molecule has 0 aromatic heterocycles. The maximum Gasteiger partial charge on any atom is 0.364 e. The molecule has 0 bridgehead atoms. The number of hydrogen-bond donors (Lipinski definition) is 2. The second-order valence-electron chi connectivity index (χ2n) is 7.57. The molecule has 3 aliphatic heterocycles. The Labute approximate surface area is 134 Å². The number of carboxylic acid groups (broad SMARTS) is 1. The van der Waals surface area contributed by atoms with Crippen molar-refractivity contribution in [1.29, 1.82) is 0 Å². The molecule has 0 saturated carbocycles. The summed E-state index contributed by atoms with van der Waals surface area (Å²) in [7, 11) is 0. The molecule has 3 rings (SSSR count). The van der Waals surface area contributed by atoms with Crippen molar-refractivity contribution in [1.82, 2.24) is 0 Å². The van der Waals surface area contributed by atoms with Crippen molar-refractivity contribution < 1.29 is 38.7 Å². The van der Waals surface area contributed by atoms with Crippen LogP contribution >= 0.6 is 0 Å². The molecule has 0 aromatic carbocycles. The highest BCUT2D eigenvalue weighted by molar-refractivity contribution is 5.75. The van der Waals surface area contributed by atoms with E-state index >= 15 is 0 Å². The Hall–Kier alpha value is -0.770. The standard InChI is InChI=1S/C15H24O8/c1-12(2)19-6-8(20-12)9-10-14(5,23-13(3,4)22-10)7-15(18,21-9)11(16)17/h8-10,18H,6-7H2,1-5H3,(H,16,17)/t8-,9-,10+,14-,15?/m1/s1. The van der Waals surface area contributed by atoms with Gasteiger partial charge in [0.15, 0.2) is 11.6 Å². The number of hydrogen-bond acceptors (Lipinski definition) is 7. The Balaban J connectivity index is 1.94. The van der Waals surface area contributed by atoms with Crippen molar-refractivity contribution in [2.75, 3.05) is 6.61 Å². The number of fused-ring (bicyclic) bond motifs is 1. The molecule has 5 atom stereocenters. The van der Waals surface area contributed by atoms with E-state index in [9.17, 15) is 15.0 Å². The molecule has 2 N–H and O–H groups in total. The molecule has 8 nitrogen and oxygen atoms in total. The second kappa shape index (κ2) is 4.87. The van der Waals surface area contributed by atoms with Crippen LogP contribution in [-0.2, 0) is 28.5 Å². The minimum Gasteiger partial charge on any atom is -0.477 e. The Kier molecular flexibility index (Phi) is 3.61. The van der Waals surface area contributed by atoms with Crippen LogP contribution in [0, 0.1) is 0 Å². The largest absolute Gasteiger partial charge is 0.477 e. The molecule has 0 amide bonds. The Bertz CT molecular complexity index is 518. The van der Waals surface area contributed by atoms with Gasteiger partial charge in [0.25, 0.3) is 5.79 Å². The maximum atomic E-state index is 11.5. The number of ether oxygens (including phenoxy) is 5. The average Bonchev–Trinajstić information content (AvgIpc) is 2.82. The molecule has 1 unspecified atom stereocenters. The summed E-state index contributed by atoms with van der Waals surface area (Å²) < 4.78 is 28.7. The Morgan fingerprint density at radius 2 is 1.70 bits per heavy atom. The summed E-state index contributed by atoms with van der Waals surface area (Å²) >= 11 is 0. The normalized spacial score (nSPS) is 48.2. The number of carboxylic acids is 1. The fourth-order valence-corrected chi connectivity index (χ4v) is 3.70. The van der Waals surface area contributed by atoms with Gasteiger partial charge in [0.2, 0.25) is 0 Å². The quantitative estimate of drug-likeness (QED) is 0.758. The Morgan fingerprint density at radius 1 is 1.04 bits per heavy atom. The summed E-state index contributed by atoms with van der Waals surface area (Å²) in [6.07, 6.45) is -2.23. The topological polar surface area (TPSA) is 104 Å². The van der Waals surface area contributed by atoms with Crippen LogP contribution in [0.2, 0.25) is 0 Å². The van der Waals surface area contributed by atoms with Crippen molar-refractivity contribution >= 4 is 5.97 Å². The van der Waals surface area contributed by atoms with Crippen LogP contribution < -0.4 is 0 Å². The van der Waals surface area contributed by atoms with E-state index in [1.165, 1.54) is 0 Å². The van der Waals surface area contributed by atoms with Gasteiger partial charge >= 0.3 is 5.97 Å². The first-order valence-electron chi connectivity index (χ1n) is 7.69. The van der Waals surface area contributed by atoms with E-state index in [4.69, 9.17) is 23.7 Å². The van der Waals surface area contributed by atoms with Gasteiger partial charge in [0.1, 0.15) is 23.9 Å². The number of rotatable bonds is 2. The molecule has 0 aromatic rings. The molecule has 23 heavy (non-hydrogen) atoms. The van der Waals surface area contributed by atoms with Gasteiger partial charge in [-0.3, -0.25) is 0 Å². The molecule has 0 radical (unpaired) electrons. The molecule has 0 spiro atoms. The maximum absolute atomic E-state index is 11.5.